The fourth-order valence-electron chi connectivity index (χ4n) is 1.19. The summed E-state index contributed by atoms with van der Waals surface area (Å²) in [5, 5.41) is 2.66. The fourth-order valence-corrected chi connectivity index (χ4v) is 1.35. The zero-order valence-corrected chi connectivity index (χ0v) is 10.1. The number of anilines is 1. The highest BCUT2D eigenvalue weighted by molar-refractivity contribution is 6.30. The first-order chi connectivity index (χ1) is 8.04. The summed E-state index contributed by atoms with van der Waals surface area (Å²) in [4.78, 5) is 11.6. The van der Waals surface area contributed by atoms with E-state index in [1.165, 1.54) is 19.2 Å². The van der Waals surface area contributed by atoms with Gasteiger partial charge in [-0.25, -0.2) is 4.39 Å². The van der Waals surface area contributed by atoms with Crippen molar-refractivity contribution in [3.63, 3.8) is 0 Å². The number of methoxy groups -OCH3 is 1. The average Bonchev–Trinajstić information content (AvgIpc) is 2.29. The molecule has 3 N–H and O–H groups in total. The number of nitrogens with one attached hydrogen (secondary N) is 1. The molecule has 0 saturated carbocycles. The normalized spacial score (nSPS) is 12.2. The Hall–Kier alpha value is -1.17. The van der Waals surface area contributed by atoms with Crippen LogP contribution in [0.4, 0.5) is 10.1 Å². The Kier molecular flexibility index (Phi) is 5.34. The maximum Gasteiger partial charge on any atom is 0.241 e. The lowest BCUT2D eigenvalue weighted by Gasteiger charge is -2.12. The highest BCUT2D eigenvalue weighted by Crippen LogP contribution is 2.18. The molecule has 1 rings (SSSR count). The van der Waals surface area contributed by atoms with E-state index >= 15 is 0 Å². The minimum absolute atomic E-state index is 0.0623. The standard InChI is InChI=1S/C11H14ClFN2O2/c1-17-5-4-9(14)11(16)15-10-3-2-7(12)6-8(10)13/h2-3,6,9H,4-5,14H2,1H3,(H,15,16). The molecule has 94 valence electrons. The van der Waals surface area contributed by atoms with Gasteiger partial charge in [0.1, 0.15) is 5.82 Å². The lowest BCUT2D eigenvalue weighted by Crippen LogP contribution is -2.36. The highest BCUT2D eigenvalue weighted by atomic mass is 35.5. The zero-order chi connectivity index (χ0) is 12.8. The molecule has 0 fully saturated rings. The van der Waals surface area contributed by atoms with Crippen LogP contribution in [0.25, 0.3) is 0 Å². The van der Waals surface area contributed by atoms with E-state index in [9.17, 15) is 9.18 Å². The lowest BCUT2D eigenvalue weighted by atomic mass is 10.2. The maximum absolute atomic E-state index is 13.4. The first-order valence-electron chi connectivity index (χ1n) is 5.05. The third kappa shape index (κ3) is 4.30. The molecule has 0 spiro atoms. The van der Waals surface area contributed by atoms with Crippen molar-refractivity contribution in [1.82, 2.24) is 0 Å². The predicted octanol–water partition coefficient (Wildman–Crippen LogP) is 1.78. The number of benzene rings is 1. The third-order valence-corrected chi connectivity index (χ3v) is 2.39. The SMILES string of the molecule is COCCC(N)C(=O)Nc1ccc(Cl)cc1F. The number of rotatable bonds is 5. The van der Waals surface area contributed by atoms with Gasteiger partial charge in [0.25, 0.3) is 0 Å². The number of hydrogen-bond acceptors (Lipinski definition) is 3. The molecule has 0 radical (unpaired) electrons. The Bertz CT molecular complexity index is 401. The zero-order valence-electron chi connectivity index (χ0n) is 9.37. The third-order valence-electron chi connectivity index (χ3n) is 2.16. The second kappa shape index (κ2) is 6.54. The van der Waals surface area contributed by atoms with Gasteiger partial charge in [0, 0.05) is 18.7 Å². The molecule has 0 bridgehead atoms. The Labute approximate surface area is 104 Å². The molecule has 0 aliphatic heterocycles. The van der Waals surface area contributed by atoms with E-state index in [0.717, 1.165) is 6.07 Å². The molecule has 1 aromatic carbocycles. The number of ether oxygens (including phenoxy) is 1. The Morgan fingerprint density at radius 3 is 2.94 bits per heavy atom. The van der Waals surface area contributed by atoms with Crippen molar-refractivity contribution in [2.24, 2.45) is 5.73 Å². The van der Waals surface area contributed by atoms with Gasteiger partial charge in [0.05, 0.1) is 11.7 Å². The van der Waals surface area contributed by atoms with E-state index in [-0.39, 0.29) is 10.7 Å². The van der Waals surface area contributed by atoms with Gasteiger partial charge in [-0.1, -0.05) is 11.6 Å². The van der Waals surface area contributed by atoms with Crippen molar-refractivity contribution in [2.75, 3.05) is 19.0 Å². The molecule has 4 nitrogen and oxygen atoms in total. The molecule has 17 heavy (non-hydrogen) atoms. The Balaban J connectivity index is 2.61. The molecule has 0 saturated heterocycles. The van der Waals surface area contributed by atoms with Crippen LogP contribution in [-0.2, 0) is 9.53 Å². The van der Waals surface area contributed by atoms with Crippen LogP contribution in [0.1, 0.15) is 6.42 Å². The van der Waals surface area contributed by atoms with Crippen LogP contribution in [0.5, 0.6) is 0 Å². The van der Waals surface area contributed by atoms with E-state index < -0.39 is 17.8 Å². The van der Waals surface area contributed by atoms with Crippen LogP contribution in [0, 0.1) is 5.82 Å². The molecule has 1 atom stereocenters. The minimum atomic E-state index is -0.731. The van der Waals surface area contributed by atoms with E-state index in [0.29, 0.717) is 13.0 Å². The van der Waals surface area contributed by atoms with Crippen molar-refractivity contribution in [1.29, 1.82) is 0 Å². The summed E-state index contributed by atoms with van der Waals surface area (Å²) in [7, 11) is 1.52. The van der Waals surface area contributed by atoms with Crippen molar-refractivity contribution in [3.8, 4) is 0 Å². The van der Waals surface area contributed by atoms with Crippen LogP contribution >= 0.6 is 11.6 Å². The number of halogens is 2. The van der Waals surface area contributed by atoms with E-state index in [2.05, 4.69) is 5.32 Å². The predicted molar refractivity (Wildman–Crippen MR) is 64.5 cm³/mol. The van der Waals surface area contributed by atoms with Gasteiger partial charge in [0.2, 0.25) is 5.91 Å². The molecule has 1 unspecified atom stereocenters. The average molecular weight is 261 g/mol. The van der Waals surface area contributed by atoms with Crippen LogP contribution in [-0.4, -0.2) is 25.7 Å². The number of carbonyl (C=O) groups excluding carboxylic acids is 1. The van der Waals surface area contributed by atoms with Gasteiger partial charge in [-0.3, -0.25) is 4.79 Å². The van der Waals surface area contributed by atoms with Gasteiger partial charge in [0.15, 0.2) is 0 Å². The quantitative estimate of drug-likeness (QED) is 0.848. The summed E-state index contributed by atoms with van der Waals surface area (Å²) in [6, 6.07) is 3.27. The molecule has 0 aromatic heterocycles. The van der Waals surface area contributed by atoms with E-state index in [1.54, 1.807) is 0 Å². The van der Waals surface area contributed by atoms with Crippen LogP contribution in [0.15, 0.2) is 18.2 Å². The lowest BCUT2D eigenvalue weighted by molar-refractivity contribution is -0.117. The van der Waals surface area contributed by atoms with Gasteiger partial charge in [-0.05, 0) is 24.6 Å². The monoisotopic (exact) mass is 260 g/mol. The first kappa shape index (κ1) is 13.9. The van der Waals surface area contributed by atoms with Gasteiger partial charge < -0.3 is 15.8 Å². The number of hydrogen-bond donors (Lipinski definition) is 2. The first-order valence-corrected chi connectivity index (χ1v) is 5.43. The number of nitrogens with two attached hydrogens (primary N) is 1. The molecule has 0 aliphatic rings. The molecule has 6 heteroatoms. The fraction of sp³-hybridized carbons (Fsp3) is 0.364. The smallest absolute Gasteiger partial charge is 0.241 e. The topological polar surface area (TPSA) is 64.3 Å². The molecule has 0 aliphatic carbocycles. The van der Waals surface area contributed by atoms with Crippen LogP contribution in [0.3, 0.4) is 0 Å². The molecule has 0 heterocycles. The minimum Gasteiger partial charge on any atom is -0.385 e. The van der Waals surface area contributed by atoms with E-state index in [4.69, 9.17) is 22.1 Å². The summed E-state index contributed by atoms with van der Waals surface area (Å²) >= 11 is 5.59. The highest BCUT2D eigenvalue weighted by Gasteiger charge is 2.14. The van der Waals surface area contributed by atoms with Gasteiger partial charge >= 0.3 is 0 Å². The van der Waals surface area contributed by atoms with Crippen molar-refractivity contribution in [2.45, 2.75) is 12.5 Å². The molecule has 1 amide bonds. The molecular weight excluding hydrogens is 247 g/mol. The molecule has 1 aromatic rings. The summed E-state index contributed by atoms with van der Waals surface area (Å²) < 4.78 is 18.2. The maximum atomic E-state index is 13.4. The summed E-state index contributed by atoms with van der Waals surface area (Å²) in [6.45, 7) is 0.373. The van der Waals surface area contributed by atoms with Crippen molar-refractivity contribution >= 4 is 23.2 Å². The van der Waals surface area contributed by atoms with Crippen molar-refractivity contribution in [3.05, 3.63) is 29.0 Å². The van der Waals surface area contributed by atoms with Crippen LogP contribution < -0.4 is 11.1 Å². The van der Waals surface area contributed by atoms with Gasteiger partial charge in [-0.15, -0.1) is 0 Å². The Morgan fingerprint density at radius 2 is 2.35 bits per heavy atom. The number of carbonyl (C=O) groups is 1. The van der Waals surface area contributed by atoms with E-state index in [1.807, 2.05) is 0 Å². The Morgan fingerprint density at radius 1 is 1.65 bits per heavy atom. The second-order valence-electron chi connectivity index (χ2n) is 3.50. The summed E-state index contributed by atoms with van der Waals surface area (Å²) in [5.41, 5.74) is 5.65. The summed E-state index contributed by atoms with van der Waals surface area (Å²) in [5.74, 6) is -1.05. The van der Waals surface area contributed by atoms with Crippen molar-refractivity contribution < 1.29 is 13.9 Å². The molecular formula is C11H14ClFN2O2. The van der Waals surface area contributed by atoms with Gasteiger partial charge in [-0.2, -0.15) is 0 Å². The number of amides is 1. The largest absolute Gasteiger partial charge is 0.385 e. The summed E-state index contributed by atoms with van der Waals surface area (Å²) in [6.07, 6.45) is 0.373. The van der Waals surface area contributed by atoms with Crippen LogP contribution in [0.2, 0.25) is 5.02 Å². The second-order valence-corrected chi connectivity index (χ2v) is 3.94.